The molecule has 0 bridgehead atoms. The summed E-state index contributed by atoms with van der Waals surface area (Å²) < 4.78 is 10.5. The highest BCUT2D eigenvalue weighted by Gasteiger charge is 2.16. The number of carbonyl (C=O) groups excluding carboxylic acids is 1. The van der Waals surface area contributed by atoms with Crippen LogP contribution in [0, 0.1) is 6.92 Å². The lowest BCUT2D eigenvalue weighted by Crippen LogP contribution is -2.26. The summed E-state index contributed by atoms with van der Waals surface area (Å²) in [5, 5.41) is 10.7. The predicted octanol–water partition coefficient (Wildman–Crippen LogP) is 2.59. The predicted molar refractivity (Wildman–Crippen MR) is 83.3 cm³/mol. The van der Waals surface area contributed by atoms with Crippen molar-refractivity contribution < 1.29 is 19.4 Å². The molecule has 116 valence electrons. The molecular formula is C16H18N2O4. The summed E-state index contributed by atoms with van der Waals surface area (Å²) in [6.07, 6.45) is 0. The van der Waals surface area contributed by atoms with E-state index in [9.17, 15) is 9.90 Å². The summed E-state index contributed by atoms with van der Waals surface area (Å²) in [6, 6.07) is 9.53. The minimum Gasteiger partial charge on any atom is -0.508 e. The van der Waals surface area contributed by atoms with Crippen molar-refractivity contribution in [2.45, 2.75) is 6.92 Å². The Kier molecular flexibility index (Phi) is 4.53. The maximum Gasteiger partial charge on any atom is 0.337 e. The van der Waals surface area contributed by atoms with E-state index in [0.29, 0.717) is 22.7 Å². The lowest BCUT2D eigenvalue weighted by Gasteiger charge is -2.20. The zero-order chi connectivity index (χ0) is 16.3. The molecule has 0 atom stereocenters. The number of hydrogen-bond donors (Lipinski definition) is 2. The summed E-state index contributed by atoms with van der Waals surface area (Å²) in [7, 11) is 3.00. The highest BCUT2D eigenvalue weighted by molar-refractivity contribution is 5.91. The van der Waals surface area contributed by atoms with Gasteiger partial charge in [-0.1, -0.05) is 0 Å². The normalized spacial score (nSPS) is 10.2. The number of methoxy groups -OCH3 is 1. The first-order valence-corrected chi connectivity index (χ1v) is 6.60. The van der Waals surface area contributed by atoms with Gasteiger partial charge in [-0.05, 0) is 48.9 Å². The molecule has 0 saturated heterocycles. The summed E-state index contributed by atoms with van der Waals surface area (Å²) in [6.45, 7) is 1.83. The van der Waals surface area contributed by atoms with Gasteiger partial charge < -0.3 is 19.6 Å². The van der Waals surface area contributed by atoms with Crippen LogP contribution in [0.3, 0.4) is 0 Å². The molecule has 0 aromatic heterocycles. The van der Waals surface area contributed by atoms with Gasteiger partial charge in [0.2, 0.25) is 0 Å². The molecule has 0 fully saturated rings. The molecular weight excluding hydrogens is 284 g/mol. The van der Waals surface area contributed by atoms with E-state index in [4.69, 9.17) is 15.3 Å². The number of phenols is 1. The number of nitrogens with two attached hydrogens (primary N) is 1. The third-order valence-electron chi connectivity index (χ3n) is 3.10. The van der Waals surface area contributed by atoms with Gasteiger partial charge in [-0.3, -0.25) is 0 Å². The summed E-state index contributed by atoms with van der Waals surface area (Å²) in [4.78, 5) is 11.7. The monoisotopic (exact) mass is 302 g/mol. The number of phenolic OH excluding ortho intramolecular Hbond substituents is 1. The number of hydrogen-bond acceptors (Lipinski definition) is 6. The second kappa shape index (κ2) is 6.36. The second-order valence-corrected chi connectivity index (χ2v) is 4.84. The summed E-state index contributed by atoms with van der Waals surface area (Å²) in [5.74, 6) is 6.48. The Morgan fingerprint density at radius 1 is 1.23 bits per heavy atom. The van der Waals surface area contributed by atoms with Crippen molar-refractivity contribution in [2.75, 3.05) is 19.2 Å². The van der Waals surface area contributed by atoms with Gasteiger partial charge in [-0.15, -0.1) is 0 Å². The molecule has 6 nitrogen and oxygen atoms in total. The molecule has 22 heavy (non-hydrogen) atoms. The third kappa shape index (κ3) is 3.29. The molecule has 0 spiro atoms. The Balaban J connectivity index is 2.48. The number of aryl methyl sites for hydroxylation is 1. The Hall–Kier alpha value is -2.73. The fraction of sp³-hybridized carbons (Fsp3) is 0.188. The molecule has 0 radical (unpaired) electrons. The number of anilines is 1. The van der Waals surface area contributed by atoms with Crippen LogP contribution in [0.4, 0.5) is 5.69 Å². The highest BCUT2D eigenvalue weighted by Crippen LogP contribution is 2.35. The van der Waals surface area contributed by atoms with Crippen LogP contribution >= 0.6 is 0 Å². The maximum atomic E-state index is 11.7. The maximum absolute atomic E-state index is 11.7. The number of ether oxygens (including phenoxy) is 2. The van der Waals surface area contributed by atoms with Crippen LogP contribution in [0.15, 0.2) is 36.4 Å². The molecule has 0 saturated carbocycles. The number of nitrogens with zero attached hydrogens (tertiary/aromatic N) is 1. The van der Waals surface area contributed by atoms with Crippen LogP contribution < -0.4 is 15.6 Å². The second-order valence-electron chi connectivity index (χ2n) is 4.84. The molecule has 0 aliphatic heterocycles. The third-order valence-corrected chi connectivity index (χ3v) is 3.10. The Morgan fingerprint density at radius 3 is 2.41 bits per heavy atom. The lowest BCUT2D eigenvalue weighted by molar-refractivity contribution is 0.0600. The average Bonchev–Trinajstić information content (AvgIpc) is 2.47. The SMILES string of the molecule is COC(=O)c1cc(C)c(N(C)N)c(Oc2ccc(O)cc2)c1. The van der Waals surface area contributed by atoms with Crippen molar-refractivity contribution in [3.05, 3.63) is 47.5 Å². The van der Waals surface area contributed by atoms with Crippen molar-refractivity contribution in [3.63, 3.8) is 0 Å². The van der Waals surface area contributed by atoms with E-state index in [1.165, 1.54) is 24.3 Å². The van der Waals surface area contributed by atoms with Crippen molar-refractivity contribution >= 4 is 11.7 Å². The van der Waals surface area contributed by atoms with Gasteiger partial charge in [-0.25, -0.2) is 10.6 Å². The zero-order valence-electron chi connectivity index (χ0n) is 12.7. The van der Waals surface area contributed by atoms with Crippen LogP contribution in [-0.2, 0) is 4.74 Å². The van der Waals surface area contributed by atoms with E-state index in [-0.39, 0.29) is 5.75 Å². The van der Waals surface area contributed by atoms with Gasteiger partial charge in [0.25, 0.3) is 0 Å². The van der Waals surface area contributed by atoms with Crippen LogP contribution in [0.2, 0.25) is 0 Å². The Morgan fingerprint density at radius 2 is 1.86 bits per heavy atom. The van der Waals surface area contributed by atoms with Crippen molar-refractivity contribution in [1.29, 1.82) is 0 Å². The average molecular weight is 302 g/mol. The van der Waals surface area contributed by atoms with Crippen LogP contribution in [0.25, 0.3) is 0 Å². The zero-order valence-corrected chi connectivity index (χ0v) is 12.7. The van der Waals surface area contributed by atoms with E-state index in [0.717, 1.165) is 5.56 Å². The largest absolute Gasteiger partial charge is 0.508 e. The van der Waals surface area contributed by atoms with E-state index in [2.05, 4.69) is 0 Å². The molecule has 0 aliphatic carbocycles. The van der Waals surface area contributed by atoms with E-state index in [1.54, 1.807) is 31.3 Å². The quantitative estimate of drug-likeness (QED) is 0.513. The van der Waals surface area contributed by atoms with E-state index >= 15 is 0 Å². The van der Waals surface area contributed by atoms with Crippen molar-refractivity contribution in [1.82, 2.24) is 0 Å². The fourth-order valence-corrected chi connectivity index (χ4v) is 2.15. The molecule has 0 unspecified atom stereocenters. The number of carbonyl (C=O) groups is 1. The first-order valence-electron chi connectivity index (χ1n) is 6.60. The molecule has 0 aliphatic rings. The number of hydrazine groups is 1. The summed E-state index contributed by atoms with van der Waals surface area (Å²) in [5.41, 5.74) is 1.81. The topological polar surface area (TPSA) is 85.0 Å². The van der Waals surface area contributed by atoms with Gasteiger partial charge in [0.1, 0.15) is 11.5 Å². The number of benzene rings is 2. The highest BCUT2D eigenvalue weighted by atomic mass is 16.5. The standard InChI is InChI=1S/C16H18N2O4/c1-10-8-11(16(20)21-3)9-14(15(10)18(2)17)22-13-6-4-12(19)5-7-13/h4-9,19H,17H2,1-3H3. The smallest absolute Gasteiger partial charge is 0.337 e. The van der Waals surface area contributed by atoms with Gasteiger partial charge in [0.05, 0.1) is 18.4 Å². The number of aromatic hydroxyl groups is 1. The first kappa shape index (κ1) is 15.7. The minimum absolute atomic E-state index is 0.142. The fourth-order valence-electron chi connectivity index (χ4n) is 2.15. The molecule has 0 amide bonds. The summed E-state index contributed by atoms with van der Waals surface area (Å²) >= 11 is 0. The molecule has 3 N–H and O–H groups in total. The lowest BCUT2D eigenvalue weighted by atomic mass is 10.1. The molecule has 2 aromatic rings. The van der Waals surface area contributed by atoms with Crippen molar-refractivity contribution in [2.24, 2.45) is 5.84 Å². The van der Waals surface area contributed by atoms with Crippen LogP contribution in [-0.4, -0.2) is 25.2 Å². The molecule has 2 rings (SSSR count). The molecule has 2 aromatic carbocycles. The molecule has 6 heteroatoms. The van der Waals surface area contributed by atoms with Crippen LogP contribution in [0.1, 0.15) is 15.9 Å². The first-order chi connectivity index (χ1) is 10.4. The molecule has 0 heterocycles. The number of rotatable bonds is 4. The Bertz CT molecular complexity index is 681. The minimum atomic E-state index is -0.454. The van der Waals surface area contributed by atoms with Gasteiger partial charge in [0, 0.05) is 7.05 Å². The van der Waals surface area contributed by atoms with Crippen LogP contribution in [0.5, 0.6) is 17.2 Å². The van der Waals surface area contributed by atoms with Gasteiger partial charge in [-0.2, -0.15) is 0 Å². The van der Waals surface area contributed by atoms with Gasteiger partial charge >= 0.3 is 5.97 Å². The van der Waals surface area contributed by atoms with E-state index in [1.807, 2.05) is 6.92 Å². The van der Waals surface area contributed by atoms with Gasteiger partial charge in [0.15, 0.2) is 5.75 Å². The van der Waals surface area contributed by atoms with Crippen molar-refractivity contribution in [3.8, 4) is 17.2 Å². The Labute approximate surface area is 128 Å². The van der Waals surface area contributed by atoms with E-state index < -0.39 is 5.97 Å². The number of esters is 1.